The van der Waals surface area contributed by atoms with Crippen LogP contribution < -0.4 is 10.5 Å². The molecule has 0 atom stereocenters. The minimum absolute atomic E-state index is 0.207. The van der Waals surface area contributed by atoms with Gasteiger partial charge in [-0.25, -0.2) is 4.98 Å². The summed E-state index contributed by atoms with van der Waals surface area (Å²) >= 11 is 6.08. The molecule has 1 fully saturated rings. The van der Waals surface area contributed by atoms with Crippen molar-refractivity contribution in [2.45, 2.75) is 13.5 Å². The molecule has 0 aliphatic carbocycles. The molecular formula is C21H21ClN4O2. The zero-order valence-electron chi connectivity index (χ0n) is 15.6. The number of aryl methyl sites for hydroxylation is 1. The number of pyridine rings is 2. The first kappa shape index (κ1) is 18.5. The average Bonchev–Trinajstić information content (AvgIpc) is 2.73. The van der Waals surface area contributed by atoms with Gasteiger partial charge in [-0.2, -0.15) is 0 Å². The maximum Gasteiger partial charge on any atom is 0.265 e. The topological polar surface area (TPSA) is 58.4 Å². The van der Waals surface area contributed by atoms with E-state index in [4.69, 9.17) is 11.6 Å². The van der Waals surface area contributed by atoms with E-state index in [1.165, 1.54) is 0 Å². The lowest BCUT2D eigenvalue weighted by Gasteiger charge is -2.36. The fourth-order valence-electron chi connectivity index (χ4n) is 3.66. The van der Waals surface area contributed by atoms with Gasteiger partial charge in [0.15, 0.2) is 0 Å². The van der Waals surface area contributed by atoms with E-state index in [1.807, 2.05) is 43.3 Å². The highest BCUT2D eigenvalue weighted by Crippen LogP contribution is 2.21. The van der Waals surface area contributed by atoms with Gasteiger partial charge in [0.2, 0.25) is 0 Å². The van der Waals surface area contributed by atoms with Crippen molar-refractivity contribution in [3.05, 3.63) is 69.6 Å². The summed E-state index contributed by atoms with van der Waals surface area (Å²) in [5.41, 5.74) is 1.58. The van der Waals surface area contributed by atoms with Crippen molar-refractivity contribution in [3.63, 3.8) is 0 Å². The van der Waals surface area contributed by atoms with Crippen LogP contribution in [0, 0.1) is 0 Å². The molecule has 2 aromatic heterocycles. The molecule has 4 rings (SSSR count). The third kappa shape index (κ3) is 3.36. The molecule has 1 amide bonds. The number of aromatic nitrogens is 2. The van der Waals surface area contributed by atoms with E-state index in [1.54, 1.807) is 21.7 Å². The Balaban J connectivity index is 1.58. The number of halogens is 1. The van der Waals surface area contributed by atoms with E-state index < -0.39 is 0 Å². The second-order valence-corrected chi connectivity index (χ2v) is 7.22. The standard InChI is InChI=1S/C21H21ClN4O2/c1-2-26-19-15(5-4-8-23-19)13-18(21(26)28)20(27)25-11-9-24(10-12-25)17-7-3-6-16(22)14-17/h3-8,13-14H,2,9-12H2,1H3. The van der Waals surface area contributed by atoms with Crippen LogP contribution in [0.15, 0.2) is 53.5 Å². The molecule has 0 bridgehead atoms. The number of carbonyl (C=O) groups excluding carboxylic acids is 1. The molecule has 1 saturated heterocycles. The van der Waals surface area contributed by atoms with Crippen molar-refractivity contribution >= 4 is 34.2 Å². The van der Waals surface area contributed by atoms with Gasteiger partial charge in [-0.1, -0.05) is 17.7 Å². The van der Waals surface area contributed by atoms with Crippen LogP contribution >= 0.6 is 11.6 Å². The van der Waals surface area contributed by atoms with Gasteiger partial charge in [0.1, 0.15) is 11.2 Å². The van der Waals surface area contributed by atoms with Crippen LogP contribution in [0.3, 0.4) is 0 Å². The average molecular weight is 397 g/mol. The maximum atomic E-state index is 13.1. The van der Waals surface area contributed by atoms with Crippen LogP contribution in [0.1, 0.15) is 17.3 Å². The Bertz CT molecular complexity index is 1090. The van der Waals surface area contributed by atoms with E-state index in [-0.39, 0.29) is 17.0 Å². The van der Waals surface area contributed by atoms with Crippen molar-refractivity contribution in [2.24, 2.45) is 0 Å². The summed E-state index contributed by atoms with van der Waals surface area (Å²) < 4.78 is 1.56. The first-order valence-corrected chi connectivity index (χ1v) is 9.74. The minimum atomic E-state index is -0.282. The fraction of sp³-hybridized carbons (Fsp3) is 0.286. The zero-order chi connectivity index (χ0) is 19.7. The summed E-state index contributed by atoms with van der Waals surface area (Å²) in [6.45, 7) is 4.86. The van der Waals surface area contributed by atoms with Gasteiger partial charge in [0, 0.05) is 55.0 Å². The third-order valence-electron chi connectivity index (χ3n) is 5.13. The first-order valence-electron chi connectivity index (χ1n) is 9.37. The van der Waals surface area contributed by atoms with E-state index in [0.29, 0.717) is 43.4 Å². The van der Waals surface area contributed by atoms with Crippen molar-refractivity contribution in [1.29, 1.82) is 0 Å². The molecule has 0 unspecified atom stereocenters. The molecule has 0 radical (unpaired) electrons. The van der Waals surface area contributed by atoms with Crippen LogP contribution in [-0.4, -0.2) is 46.5 Å². The van der Waals surface area contributed by atoms with Crippen LogP contribution in [0.4, 0.5) is 5.69 Å². The predicted molar refractivity (Wildman–Crippen MR) is 111 cm³/mol. The molecule has 6 nitrogen and oxygen atoms in total. The number of hydrogen-bond donors (Lipinski definition) is 0. The van der Waals surface area contributed by atoms with Gasteiger partial charge in [0.25, 0.3) is 11.5 Å². The highest BCUT2D eigenvalue weighted by atomic mass is 35.5. The number of amides is 1. The lowest BCUT2D eigenvalue weighted by atomic mass is 10.1. The molecular weight excluding hydrogens is 376 g/mol. The second-order valence-electron chi connectivity index (χ2n) is 6.78. The number of fused-ring (bicyclic) bond motifs is 1. The number of piperazine rings is 1. The van der Waals surface area contributed by atoms with E-state index in [2.05, 4.69) is 9.88 Å². The van der Waals surface area contributed by atoms with Gasteiger partial charge in [-0.3, -0.25) is 14.2 Å². The molecule has 28 heavy (non-hydrogen) atoms. The normalized spacial score (nSPS) is 14.5. The zero-order valence-corrected chi connectivity index (χ0v) is 16.4. The number of rotatable bonds is 3. The molecule has 0 spiro atoms. The minimum Gasteiger partial charge on any atom is -0.368 e. The Hall–Kier alpha value is -2.86. The monoisotopic (exact) mass is 396 g/mol. The molecule has 0 N–H and O–H groups in total. The number of carbonyl (C=O) groups is 1. The fourth-order valence-corrected chi connectivity index (χ4v) is 3.85. The first-order chi connectivity index (χ1) is 13.6. The number of hydrogen-bond acceptors (Lipinski definition) is 4. The molecule has 1 aliphatic heterocycles. The van der Waals surface area contributed by atoms with Crippen LogP contribution in [0.5, 0.6) is 0 Å². The Morgan fingerprint density at radius 2 is 1.89 bits per heavy atom. The molecule has 1 aliphatic rings. The van der Waals surface area contributed by atoms with E-state index >= 15 is 0 Å². The highest BCUT2D eigenvalue weighted by Gasteiger charge is 2.25. The largest absolute Gasteiger partial charge is 0.368 e. The van der Waals surface area contributed by atoms with Crippen molar-refractivity contribution in [2.75, 3.05) is 31.1 Å². The molecule has 7 heteroatoms. The summed E-state index contributed by atoms with van der Waals surface area (Å²) in [5.74, 6) is -0.219. The Morgan fingerprint density at radius 1 is 1.11 bits per heavy atom. The molecule has 144 valence electrons. The number of anilines is 1. The summed E-state index contributed by atoms with van der Waals surface area (Å²) in [6.07, 6.45) is 1.66. The maximum absolute atomic E-state index is 13.1. The molecule has 0 saturated carbocycles. The number of nitrogens with zero attached hydrogens (tertiary/aromatic N) is 4. The second kappa shape index (κ2) is 7.64. The van der Waals surface area contributed by atoms with Gasteiger partial charge < -0.3 is 9.80 Å². The van der Waals surface area contributed by atoms with E-state index in [0.717, 1.165) is 11.1 Å². The lowest BCUT2D eigenvalue weighted by molar-refractivity contribution is 0.0744. The van der Waals surface area contributed by atoms with Crippen LogP contribution in [0.25, 0.3) is 11.0 Å². The third-order valence-corrected chi connectivity index (χ3v) is 5.37. The summed E-state index contributed by atoms with van der Waals surface area (Å²) in [4.78, 5) is 34.2. The predicted octanol–water partition coefficient (Wildman–Crippen LogP) is 3.03. The molecule has 3 aromatic rings. The molecule has 3 heterocycles. The Kier molecular flexibility index (Phi) is 5.05. The van der Waals surface area contributed by atoms with Gasteiger partial charge in [0.05, 0.1) is 0 Å². The van der Waals surface area contributed by atoms with Crippen molar-refractivity contribution in [3.8, 4) is 0 Å². The van der Waals surface area contributed by atoms with Crippen LogP contribution in [0.2, 0.25) is 5.02 Å². The van der Waals surface area contributed by atoms with Gasteiger partial charge in [-0.05, 0) is 43.3 Å². The van der Waals surface area contributed by atoms with Crippen molar-refractivity contribution < 1.29 is 4.79 Å². The number of benzene rings is 1. The van der Waals surface area contributed by atoms with Crippen molar-refractivity contribution in [1.82, 2.24) is 14.5 Å². The highest BCUT2D eigenvalue weighted by molar-refractivity contribution is 6.30. The summed E-state index contributed by atoms with van der Waals surface area (Å²) in [6, 6.07) is 13.1. The quantitative estimate of drug-likeness (QED) is 0.682. The Labute approximate surface area is 168 Å². The summed E-state index contributed by atoms with van der Waals surface area (Å²) in [5, 5.41) is 1.49. The summed E-state index contributed by atoms with van der Waals surface area (Å²) in [7, 11) is 0. The van der Waals surface area contributed by atoms with E-state index in [9.17, 15) is 9.59 Å². The molecule has 1 aromatic carbocycles. The lowest BCUT2D eigenvalue weighted by Crippen LogP contribution is -2.50. The Morgan fingerprint density at radius 3 is 2.61 bits per heavy atom. The SMILES string of the molecule is CCn1c(=O)c(C(=O)N2CCN(c3cccc(Cl)c3)CC2)cc2cccnc21. The van der Waals surface area contributed by atoms with Crippen LogP contribution in [-0.2, 0) is 6.54 Å². The smallest absolute Gasteiger partial charge is 0.265 e. The van der Waals surface area contributed by atoms with Gasteiger partial charge in [-0.15, -0.1) is 0 Å². The van der Waals surface area contributed by atoms with Gasteiger partial charge >= 0.3 is 0 Å².